The quantitative estimate of drug-likeness (QED) is 0.860. The minimum Gasteiger partial charge on any atom is -0.310 e. The molecule has 0 saturated carbocycles. The van der Waals surface area contributed by atoms with Crippen molar-refractivity contribution in [3.05, 3.63) is 64.4 Å². The van der Waals surface area contributed by atoms with Gasteiger partial charge in [-0.15, -0.1) is 0 Å². The maximum Gasteiger partial charge on any atom is 0.146 e. The smallest absolute Gasteiger partial charge is 0.146 e. The Morgan fingerprint density at radius 3 is 2.71 bits per heavy atom. The van der Waals surface area contributed by atoms with Gasteiger partial charge in [0.25, 0.3) is 0 Å². The number of nitrogens with zero attached hydrogens (tertiary/aromatic N) is 1. The molecular formula is C16H17ClF2N2. The standard InChI is InChI=1S/C16H17ClF2N2/c1-2-6-21-16(12-5-7-20-10-15(12)19)9-11-3-4-13(17)14(18)8-11/h3-5,7-8,10,16,21H,2,6,9H2,1H3. The Bertz CT molecular complexity index is 605. The van der Waals surface area contributed by atoms with Crippen molar-refractivity contribution in [2.24, 2.45) is 0 Å². The average Bonchev–Trinajstić information content (AvgIpc) is 2.48. The molecule has 2 nitrogen and oxygen atoms in total. The van der Waals surface area contributed by atoms with Gasteiger partial charge >= 0.3 is 0 Å². The van der Waals surface area contributed by atoms with Crippen LogP contribution in [-0.2, 0) is 6.42 Å². The Morgan fingerprint density at radius 1 is 1.24 bits per heavy atom. The van der Waals surface area contributed by atoms with Gasteiger partial charge in [0.15, 0.2) is 0 Å². The van der Waals surface area contributed by atoms with Crippen LogP contribution in [0.5, 0.6) is 0 Å². The summed E-state index contributed by atoms with van der Waals surface area (Å²) in [7, 11) is 0. The second-order valence-electron chi connectivity index (χ2n) is 4.86. The fourth-order valence-electron chi connectivity index (χ4n) is 2.18. The Kier molecular flexibility index (Phi) is 5.65. The van der Waals surface area contributed by atoms with Crippen LogP contribution in [0.2, 0.25) is 5.02 Å². The zero-order valence-corrected chi connectivity index (χ0v) is 12.5. The predicted octanol–water partition coefficient (Wildman–Crippen LogP) is 4.30. The van der Waals surface area contributed by atoms with Gasteiger partial charge in [0.1, 0.15) is 11.6 Å². The van der Waals surface area contributed by atoms with Crippen LogP contribution in [0.25, 0.3) is 0 Å². The number of hydrogen-bond acceptors (Lipinski definition) is 2. The molecule has 112 valence electrons. The molecule has 0 saturated heterocycles. The van der Waals surface area contributed by atoms with Gasteiger partial charge in [-0.05, 0) is 43.1 Å². The summed E-state index contributed by atoms with van der Waals surface area (Å²) in [5, 5.41) is 3.38. The molecule has 1 unspecified atom stereocenters. The molecule has 1 atom stereocenters. The van der Waals surface area contributed by atoms with Gasteiger partial charge in [-0.3, -0.25) is 4.98 Å². The molecule has 1 aromatic heterocycles. The van der Waals surface area contributed by atoms with Gasteiger partial charge in [0, 0.05) is 17.8 Å². The topological polar surface area (TPSA) is 24.9 Å². The van der Waals surface area contributed by atoms with E-state index in [1.165, 1.54) is 18.3 Å². The summed E-state index contributed by atoms with van der Waals surface area (Å²) in [4.78, 5) is 3.76. The molecular weight excluding hydrogens is 294 g/mol. The van der Waals surface area contributed by atoms with Crippen LogP contribution in [-0.4, -0.2) is 11.5 Å². The molecule has 1 N–H and O–H groups in total. The predicted molar refractivity (Wildman–Crippen MR) is 80.3 cm³/mol. The summed E-state index contributed by atoms with van der Waals surface area (Å²) >= 11 is 5.68. The fourth-order valence-corrected chi connectivity index (χ4v) is 2.30. The SMILES string of the molecule is CCCNC(Cc1ccc(Cl)c(F)c1)c1ccncc1F. The van der Waals surface area contributed by atoms with Crippen molar-refractivity contribution in [2.75, 3.05) is 6.54 Å². The van der Waals surface area contributed by atoms with Crippen molar-refractivity contribution >= 4 is 11.6 Å². The van der Waals surface area contributed by atoms with Crippen molar-refractivity contribution in [1.82, 2.24) is 10.3 Å². The van der Waals surface area contributed by atoms with E-state index in [4.69, 9.17) is 11.6 Å². The van der Waals surface area contributed by atoms with Gasteiger partial charge in [-0.2, -0.15) is 0 Å². The third-order valence-electron chi connectivity index (χ3n) is 3.24. The van der Waals surface area contributed by atoms with Crippen LogP contribution in [0.1, 0.15) is 30.5 Å². The fraction of sp³-hybridized carbons (Fsp3) is 0.312. The number of hydrogen-bond donors (Lipinski definition) is 1. The largest absolute Gasteiger partial charge is 0.310 e. The summed E-state index contributed by atoms with van der Waals surface area (Å²) in [5.41, 5.74) is 1.30. The van der Waals surface area contributed by atoms with Gasteiger partial charge in [-0.1, -0.05) is 24.6 Å². The first-order valence-corrected chi connectivity index (χ1v) is 7.26. The lowest BCUT2D eigenvalue weighted by molar-refractivity contribution is 0.494. The minimum atomic E-state index is -0.460. The molecule has 1 aromatic carbocycles. The van der Waals surface area contributed by atoms with E-state index in [1.807, 2.05) is 6.92 Å². The Hall–Kier alpha value is -1.52. The molecule has 0 aliphatic rings. The van der Waals surface area contributed by atoms with Gasteiger partial charge < -0.3 is 5.32 Å². The lowest BCUT2D eigenvalue weighted by atomic mass is 9.99. The monoisotopic (exact) mass is 310 g/mol. The Balaban J connectivity index is 2.24. The van der Waals surface area contributed by atoms with Crippen LogP contribution in [0, 0.1) is 11.6 Å². The normalized spacial score (nSPS) is 12.4. The minimum absolute atomic E-state index is 0.0897. The summed E-state index contributed by atoms with van der Waals surface area (Å²) in [5.74, 6) is -0.820. The maximum atomic E-state index is 13.9. The number of halogens is 3. The van der Waals surface area contributed by atoms with Crippen molar-refractivity contribution in [2.45, 2.75) is 25.8 Å². The van der Waals surface area contributed by atoms with Crippen LogP contribution < -0.4 is 5.32 Å². The van der Waals surface area contributed by atoms with E-state index in [0.29, 0.717) is 12.0 Å². The highest BCUT2D eigenvalue weighted by Crippen LogP contribution is 2.23. The van der Waals surface area contributed by atoms with Crippen LogP contribution >= 0.6 is 11.6 Å². The molecule has 2 rings (SSSR count). The van der Waals surface area contributed by atoms with Gasteiger partial charge in [0.2, 0.25) is 0 Å². The van der Waals surface area contributed by atoms with E-state index in [1.54, 1.807) is 18.3 Å². The molecule has 0 aliphatic heterocycles. The Labute approximate surface area is 128 Å². The van der Waals surface area contributed by atoms with E-state index in [9.17, 15) is 8.78 Å². The van der Waals surface area contributed by atoms with Crippen LogP contribution in [0.4, 0.5) is 8.78 Å². The van der Waals surface area contributed by atoms with Crippen molar-refractivity contribution in [1.29, 1.82) is 0 Å². The molecule has 21 heavy (non-hydrogen) atoms. The summed E-state index contributed by atoms with van der Waals surface area (Å²) < 4.78 is 27.4. The zero-order valence-electron chi connectivity index (χ0n) is 11.7. The first kappa shape index (κ1) is 15.9. The van der Waals surface area contributed by atoms with E-state index < -0.39 is 5.82 Å². The summed E-state index contributed by atoms with van der Waals surface area (Å²) in [6.45, 7) is 2.79. The summed E-state index contributed by atoms with van der Waals surface area (Å²) in [6.07, 6.45) is 4.16. The van der Waals surface area contributed by atoms with Crippen LogP contribution in [0.15, 0.2) is 36.7 Å². The van der Waals surface area contributed by atoms with E-state index >= 15 is 0 Å². The average molecular weight is 311 g/mol. The van der Waals surface area contributed by atoms with E-state index in [-0.39, 0.29) is 16.9 Å². The lowest BCUT2D eigenvalue weighted by Crippen LogP contribution is -2.25. The highest BCUT2D eigenvalue weighted by Gasteiger charge is 2.16. The first-order valence-electron chi connectivity index (χ1n) is 6.88. The third-order valence-corrected chi connectivity index (χ3v) is 3.55. The number of pyridine rings is 1. The number of nitrogens with one attached hydrogen (secondary N) is 1. The molecule has 0 aliphatic carbocycles. The van der Waals surface area contributed by atoms with Crippen molar-refractivity contribution in [3.8, 4) is 0 Å². The van der Waals surface area contributed by atoms with Crippen LogP contribution in [0.3, 0.4) is 0 Å². The molecule has 0 spiro atoms. The van der Waals surface area contributed by atoms with Crippen molar-refractivity contribution < 1.29 is 8.78 Å². The highest BCUT2D eigenvalue weighted by atomic mass is 35.5. The number of aromatic nitrogens is 1. The molecule has 0 amide bonds. The Morgan fingerprint density at radius 2 is 2.05 bits per heavy atom. The first-order chi connectivity index (χ1) is 10.1. The molecule has 0 bridgehead atoms. The van der Waals surface area contributed by atoms with E-state index in [0.717, 1.165) is 18.5 Å². The highest BCUT2D eigenvalue weighted by molar-refractivity contribution is 6.30. The zero-order chi connectivity index (χ0) is 15.2. The van der Waals surface area contributed by atoms with Gasteiger partial charge in [0.05, 0.1) is 11.2 Å². The number of benzene rings is 1. The second kappa shape index (κ2) is 7.48. The number of rotatable bonds is 6. The molecule has 5 heteroatoms. The maximum absolute atomic E-state index is 13.9. The lowest BCUT2D eigenvalue weighted by Gasteiger charge is -2.19. The second-order valence-corrected chi connectivity index (χ2v) is 5.26. The summed E-state index contributed by atoms with van der Waals surface area (Å²) in [6, 6.07) is 6.09. The van der Waals surface area contributed by atoms with Gasteiger partial charge in [-0.25, -0.2) is 8.78 Å². The molecule has 1 heterocycles. The van der Waals surface area contributed by atoms with E-state index in [2.05, 4.69) is 10.3 Å². The van der Waals surface area contributed by atoms with Crippen molar-refractivity contribution in [3.63, 3.8) is 0 Å². The molecule has 2 aromatic rings. The molecule has 0 radical (unpaired) electrons. The molecule has 0 fully saturated rings. The third kappa shape index (κ3) is 4.22.